The molecule has 102 valence electrons. The highest BCUT2D eigenvalue weighted by molar-refractivity contribution is 7.89. The topological polar surface area (TPSA) is 92.7 Å². The first-order valence-corrected chi connectivity index (χ1v) is 7.32. The second kappa shape index (κ2) is 8.43. The van der Waals surface area contributed by atoms with E-state index in [1.807, 2.05) is 0 Å². The van der Waals surface area contributed by atoms with Gasteiger partial charge in [-0.15, -0.1) is 0 Å². The maximum Gasteiger partial charge on any atom is 0.306 e. The van der Waals surface area contributed by atoms with Crippen LogP contribution in [0.2, 0.25) is 0 Å². The maximum absolute atomic E-state index is 11.4. The second-order valence-corrected chi connectivity index (χ2v) is 5.72. The fourth-order valence-corrected chi connectivity index (χ4v) is 2.08. The monoisotopic (exact) mass is 267 g/mol. The van der Waals surface area contributed by atoms with Gasteiger partial charge >= 0.3 is 5.97 Å². The molecule has 0 aliphatic rings. The van der Waals surface area contributed by atoms with Gasteiger partial charge in [0.15, 0.2) is 0 Å². The van der Waals surface area contributed by atoms with Crippen molar-refractivity contribution >= 4 is 16.0 Å². The molecule has 0 heterocycles. The SMILES string of the molecule is CCOCCS(=O)(=O)NCCCC(C)C(=O)O. The molecule has 6 nitrogen and oxygen atoms in total. The van der Waals surface area contributed by atoms with Crippen LogP contribution in [-0.2, 0) is 19.6 Å². The van der Waals surface area contributed by atoms with Crippen molar-refractivity contribution in [1.82, 2.24) is 4.72 Å². The summed E-state index contributed by atoms with van der Waals surface area (Å²) in [5.41, 5.74) is 0. The Morgan fingerprint density at radius 3 is 2.65 bits per heavy atom. The molecular weight excluding hydrogens is 246 g/mol. The van der Waals surface area contributed by atoms with E-state index >= 15 is 0 Å². The molecule has 0 saturated heterocycles. The molecular formula is C10H21NO5S. The molecule has 0 aliphatic carbocycles. The van der Waals surface area contributed by atoms with Crippen LogP contribution < -0.4 is 4.72 Å². The van der Waals surface area contributed by atoms with E-state index in [4.69, 9.17) is 9.84 Å². The minimum absolute atomic E-state index is 0.0602. The zero-order valence-electron chi connectivity index (χ0n) is 10.3. The lowest BCUT2D eigenvalue weighted by atomic mass is 10.1. The summed E-state index contributed by atoms with van der Waals surface area (Å²) >= 11 is 0. The fourth-order valence-electron chi connectivity index (χ4n) is 1.14. The van der Waals surface area contributed by atoms with E-state index < -0.39 is 21.9 Å². The number of nitrogens with one attached hydrogen (secondary N) is 1. The normalized spacial score (nSPS) is 13.5. The van der Waals surface area contributed by atoms with Crippen molar-refractivity contribution in [3.63, 3.8) is 0 Å². The average Bonchev–Trinajstić information content (AvgIpc) is 2.24. The molecule has 0 aromatic rings. The zero-order chi connectivity index (χ0) is 13.3. The van der Waals surface area contributed by atoms with Crippen molar-refractivity contribution in [2.24, 2.45) is 5.92 Å². The number of sulfonamides is 1. The summed E-state index contributed by atoms with van der Waals surface area (Å²) < 4.78 is 30.1. The molecule has 17 heavy (non-hydrogen) atoms. The van der Waals surface area contributed by atoms with Gasteiger partial charge in [0.25, 0.3) is 0 Å². The van der Waals surface area contributed by atoms with E-state index in [-0.39, 0.29) is 18.9 Å². The van der Waals surface area contributed by atoms with E-state index in [9.17, 15) is 13.2 Å². The molecule has 0 aromatic heterocycles. The van der Waals surface area contributed by atoms with Gasteiger partial charge in [0.05, 0.1) is 18.3 Å². The highest BCUT2D eigenvalue weighted by atomic mass is 32.2. The molecule has 0 saturated carbocycles. The molecule has 0 amide bonds. The van der Waals surface area contributed by atoms with Gasteiger partial charge in [-0.05, 0) is 19.8 Å². The lowest BCUT2D eigenvalue weighted by molar-refractivity contribution is -0.141. The van der Waals surface area contributed by atoms with Crippen molar-refractivity contribution in [3.05, 3.63) is 0 Å². The Morgan fingerprint density at radius 1 is 1.47 bits per heavy atom. The van der Waals surface area contributed by atoms with Crippen molar-refractivity contribution in [2.75, 3.05) is 25.5 Å². The number of carbonyl (C=O) groups is 1. The Hall–Kier alpha value is -0.660. The fraction of sp³-hybridized carbons (Fsp3) is 0.900. The van der Waals surface area contributed by atoms with Crippen molar-refractivity contribution in [2.45, 2.75) is 26.7 Å². The molecule has 0 aromatic carbocycles. The molecule has 0 aliphatic heterocycles. The van der Waals surface area contributed by atoms with Gasteiger partial charge in [-0.3, -0.25) is 4.79 Å². The van der Waals surface area contributed by atoms with Crippen LogP contribution >= 0.6 is 0 Å². The quantitative estimate of drug-likeness (QED) is 0.560. The van der Waals surface area contributed by atoms with Crippen molar-refractivity contribution in [3.8, 4) is 0 Å². The minimum atomic E-state index is -3.29. The van der Waals surface area contributed by atoms with Crippen LogP contribution in [-0.4, -0.2) is 45.0 Å². The lowest BCUT2D eigenvalue weighted by Crippen LogP contribution is -2.29. The molecule has 0 rings (SSSR count). The number of ether oxygens (including phenoxy) is 1. The Morgan fingerprint density at radius 2 is 2.12 bits per heavy atom. The highest BCUT2D eigenvalue weighted by Gasteiger charge is 2.12. The molecule has 1 unspecified atom stereocenters. The molecule has 0 spiro atoms. The van der Waals surface area contributed by atoms with E-state index in [2.05, 4.69) is 4.72 Å². The highest BCUT2D eigenvalue weighted by Crippen LogP contribution is 2.04. The third-order valence-electron chi connectivity index (χ3n) is 2.26. The van der Waals surface area contributed by atoms with Gasteiger partial charge in [0, 0.05) is 13.2 Å². The summed E-state index contributed by atoms with van der Waals surface area (Å²) in [6, 6.07) is 0. The van der Waals surface area contributed by atoms with Crippen LogP contribution in [0.25, 0.3) is 0 Å². The average molecular weight is 267 g/mol. The zero-order valence-corrected chi connectivity index (χ0v) is 11.1. The van der Waals surface area contributed by atoms with E-state index in [1.54, 1.807) is 13.8 Å². The van der Waals surface area contributed by atoms with Crippen LogP contribution in [0.15, 0.2) is 0 Å². The Balaban J connectivity index is 3.69. The largest absolute Gasteiger partial charge is 0.481 e. The Bertz CT molecular complexity index is 315. The van der Waals surface area contributed by atoms with E-state index in [0.29, 0.717) is 19.4 Å². The number of aliphatic carboxylic acids is 1. The Kier molecular flexibility index (Phi) is 8.11. The van der Waals surface area contributed by atoms with Crippen LogP contribution in [0, 0.1) is 5.92 Å². The number of hydrogen-bond acceptors (Lipinski definition) is 4. The predicted octanol–water partition coefficient (Wildman–Crippen LogP) is 0.443. The summed E-state index contributed by atoms with van der Waals surface area (Å²) in [5.74, 6) is -1.36. The number of carboxylic acid groups (broad SMARTS) is 1. The summed E-state index contributed by atoms with van der Waals surface area (Å²) in [6.45, 7) is 4.34. The molecule has 0 radical (unpaired) electrons. The number of rotatable bonds is 10. The van der Waals surface area contributed by atoms with Crippen molar-refractivity contribution < 1.29 is 23.1 Å². The van der Waals surface area contributed by atoms with Gasteiger partial charge in [-0.1, -0.05) is 6.92 Å². The van der Waals surface area contributed by atoms with Gasteiger partial charge in [0.1, 0.15) is 0 Å². The second-order valence-electron chi connectivity index (χ2n) is 3.79. The molecule has 0 fully saturated rings. The molecule has 1 atom stereocenters. The predicted molar refractivity (Wildman–Crippen MR) is 64.3 cm³/mol. The van der Waals surface area contributed by atoms with Crippen LogP contribution in [0.1, 0.15) is 26.7 Å². The first kappa shape index (κ1) is 16.3. The van der Waals surface area contributed by atoms with Crippen molar-refractivity contribution in [1.29, 1.82) is 0 Å². The summed E-state index contributed by atoms with van der Waals surface area (Å²) in [6.07, 6.45) is 0.977. The maximum atomic E-state index is 11.4. The number of hydrogen-bond donors (Lipinski definition) is 2. The van der Waals surface area contributed by atoms with E-state index in [1.165, 1.54) is 0 Å². The minimum Gasteiger partial charge on any atom is -0.481 e. The standard InChI is InChI=1S/C10H21NO5S/c1-3-16-7-8-17(14,15)11-6-4-5-9(2)10(12)13/h9,11H,3-8H2,1-2H3,(H,12,13). The summed E-state index contributed by atoms with van der Waals surface area (Å²) in [7, 11) is -3.29. The molecule has 0 bridgehead atoms. The third kappa shape index (κ3) is 9.08. The number of carboxylic acids is 1. The van der Waals surface area contributed by atoms with E-state index in [0.717, 1.165) is 0 Å². The third-order valence-corrected chi connectivity index (χ3v) is 3.61. The van der Waals surface area contributed by atoms with Crippen LogP contribution in [0.5, 0.6) is 0 Å². The lowest BCUT2D eigenvalue weighted by Gasteiger charge is -2.08. The van der Waals surface area contributed by atoms with Gasteiger partial charge < -0.3 is 9.84 Å². The Labute approximate surface area is 102 Å². The van der Waals surface area contributed by atoms with Gasteiger partial charge in [-0.2, -0.15) is 0 Å². The smallest absolute Gasteiger partial charge is 0.306 e. The van der Waals surface area contributed by atoms with Crippen LogP contribution in [0.3, 0.4) is 0 Å². The summed E-state index contributed by atoms with van der Waals surface area (Å²) in [4.78, 5) is 10.5. The van der Waals surface area contributed by atoms with Gasteiger partial charge in [0.2, 0.25) is 10.0 Å². The molecule has 2 N–H and O–H groups in total. The van der Waals surface area contributed by atoms with Crippen LogP contribution in [0.4, 0.5) is 0 Å². The summed E-state index contributed by atoms with van der Waals surface area (Å²) in [5, 5.41) is 8.63. The molecule has 7 heteroatoms. The first-order valence-electron chi connectivity index (χ1n) is 5.67. The first-order chi connectivity index (χ1) is 7.89. The van der Waals surface area contributed by atoms with Gasteiger partial charge in [-0.25, -0.2) is 13.1 Å².